The minimum Gasteiger partial charge on any atom is -0.481 e. The van der Waals surface area contributed by atoms with Crippen molar-refractivity contribution in [3.63, 3.8) is 0 Å². The molecule has 0 aliphatic carbocycles. The number of nitrogens with zero attached hydrogens (tertiary/aromatic N) is 4. The zero-order valence-corrected chi connectivity index (χ0v) is 9.66. The maximum atomic E-state index is 11.4. The van der Waals surface area contributed by atoms with Gasteiger partial charge in [0.15, 0.2) is 11.7 Å². The van der Waals surface area contributed by atoms with E-state index in [9.17, 15) is 9.59 Å². The predicted octanol–water partition coefficient (Wildman–Crippen LogP) is -0.501. The second-order valence-corrected chi connectivity index (χ2v) is 3.26. The monoisotopic (exact) mass is 242 g/mol. The molecule has 1 aromatic heterocycles. The normalized spacial score (nSPS) is 12.1. The van der Waals surface area contributed by atoms with Crippen molar-refractivity contribution in [1.82, 2.24) is 20.2 Å². The second kappa shape index (κ2) is 5.92. The maximum Gasteiger partial charge on any atom is 0.320 e. The number of aliphatic carboxylic acids is 1. The Morgan fingerprint density at radius 1 is 1.47 bits per heavy atom. The van der Waals surface area contributed by atoms with E-state index in [0.29, 0.717) is 12.4 Å². The molecule has 1 heterocycles. The van der Waals surface area contributed by atoms with E-state index in [4.69, 9.17) is 5.11 Å². The fourth-order valence-electron chi connectivity index (χ4n) is 1.31. The first-order valence-corrected chi connectivity index (χ1v) is 5.24. The largest absolute Gasteiger partial charge is 0.481 e. The third-order valence-electron chi connectivity index (χ3n) is 2.16. The van der Waals surface area contributed by atoms with Crippen molar-refractivity contribution in [3.05, 3.63) is 5.82 Å². The van der Waals surface area contributed by atoms with Gasteiger partial charge in [0.05, 0.1) is 6.61 Å². The summed E-state index contributed by atoms with van der Waals surface area (Å²) in [5, 5.41) is 19.7. The molecule has 1 aromatic rings. The van der Waals surface area contributed by atoms with E-state index in [1.54, 1.807) is 6.92 Å². The summed E-state index contributed by atoms with van der Waals surface area (Å²) in [5.74, 6) is -2.93. The van der Waals surface area contributed by atoms with E-state index in [1.807, 2.05) is 6.92 Å². The Kier molecular flexibility index (Phi) is 4.56. The molecule has 0 amide bonds. The van der Waals surface area contributed by atoms with Crippen molar-refractivity contribution in [2.45, 2.75) is 26.8 Å². The van der Waals surface area contributed by atoms with E-state index in [0.717, 1.165) is 0 Å². The van der Waals surface area contributed by atoms with Crippen molar-refractivity contribution in [1.29, 1.82) is 0 Å². The molecule has 0 aliphatic heterocycles. The van der Waals surface area contributed by atoms with Gasteiger partial charge in [0.1, 0.15) is 0 Å². The minimum atomic E-state index is -1.27. The highest BCUT2D eigenvalue weighted by atomic mass is 16.5. The lowest BCUT2D eigenvalue weighted by Crippen LogP contribution is -2.29. The van der Waals surface area contributed by atoms with Gasteiger partial charge in [0, 0.05) is 13.0 Å². The molecule has 8 nitrogen and oxygen atoms in total. The molecule has 1 unspecified atom stereocenters. The van der Waals surface area contributed by atoms with Crippen LogP contribution in [0.5, 0.6) is 0 Å². The van der Waals surface area contributed by atoms with Gasteiger partial charge in [-0.2, -0.15) is 0 Å². The lowest BCUT2D eigenvalue weighted by atomic mass is 10.1. The van der Waals surface area contributed by atoms with E-state index in [1.165, 1.54) is 4.68 Å². The molecule has 17 heavy (non-hydrogen) atoms. The third-order valence-corrected chi connectivity index (χ3v) is 2.16. The molecule has 0 spiro atoms. The zero-order valence-electron chi connectivity index (χ0n) is 9.66. The highest BCUT2D eigenvalue weighted by molar-refractivity contribution is 5.94. The number of carbonyl (C=O) groups is 2. The number of aryl methyl sites for hydroxylation is 1. The van der Waals surface area contributed by atoms with Crippen molar-refractivity contribution in [2.24, 2.45) is 5.92 Å². The standard InChI is InChI=1S/C9H14N4O4/c1-3-13-7(10-11-12-13)5-6(8(14)15)9(16)17-4-2/h6H,3-5H2,1-2H3,(H,14,15). The van der Waals surface area contributed by atoms with Crippen LogP contribution >= 0.6 is 0 Å². The summed E-state index contributed by atoms with van der Waals surface area (Å²) in [7, 11) is 0. The summed E-state index contributed by atoms with van der Waals surface area (Å²) >= 11 is 0. The van der Waals surface area contributed by atoms with Gasteiger partial charge in [-0.3, -0.25) is 9.59 Å². The van der Waals surface area contributed by atoms with E-state index >= 15 is 0 Å². The number of aromatic nitrogens is 4. The Balaban J connectivity index is 2.80. The van der Waals surface area contributed by atoms with Gasteiger partial charge in [-0.05, 0) is 24.3 Å². The number of ether oxygens (including phenoxy) is 1. The molecule has 94 valence electrons. The number of carboxylic acids is 1. The molecule has 0 aliphatic rings. The number of rotatable bonds is 6. The number of carbonyl (C=O) groups excluding carboxylic acids is 1. The molecule has 1 rings (SSSR count). The minimum absolute atomic E-state index is 0.0744. The van der Waals surface area contributed by atoms with Crippen LogP contribution in [0.4, 0.5) is 0 Å². The molecular formula is C9H14N4O4. The lowest BCUT2D eigenvalue weighted by Gasteiger charge is -2.10. The van der Waals surface area contributed by atoms with Gasteiger partial charge in [0.25, 0.3) is 0 Å². The van der Waals surface area contributed by atoms with Crippen molar-refractivity contribution in [2.75, 3.05) is 6.61 Å². The van der Waals surface area contributed by atoms with Gasteiger partial charge in [-0.15, -0.1) is 5.10 Å². The van der Waals surface area contributed by atoms with Gasteiger partial charge in [0.2, 0.25) is 0 Å². The average molecular weight is 242 g/mol. The topological polar surface area (TPSA) is 107 Å². The molecule has 0 bridgehead atoms. The Hall–Kier alpha value is -1.99. The number of hydrogen-bond donors (Lipinski definition) is 1. The van der Waals surface area contributed by atoms with E-state index in [-0.39, 0.29) is 13.0 Å². The van der Waals surface area contributed by atoms with Crippen LogP contribution < -0.4 is 0 Å². The van der Waals surface area contributed by atoms with Gasteiger partial charge >= 0.3 is 11.9 Å². The van der Waals surface area contributed by atoms with Crippen molar-refractivity contribution >= 4 is 11.9 Å². The van der Waals surface area contributed by atoms with E-state index < -0.39 is 17.9 Å². The third kappa shape index (κ3) is 3.23. The quantitative estimate of drug-likeness (QED) is 0.529. The van der Waals surface area contributed by atoms with Crippen LogP contribution in [0.2, 0.25) is 0 Å². The second-order valence-electron chi connectivity index (χ2n) is 3.26. The van der Waals surface area contributed by atoms with Crippen LogP contribution in [-0.4, -0.2) is 43.9 Å². The summed E-state index contributed by atoms with van der Waals surface area (Å²) in [4.78, 5) is 22.4. The van der Waals surface area contributed by atoms with Gasteiger partial charge in [-0.25, -0.2) is 4.68 Å². The first-order valence-electron chi connectivity index (χ1n) is 5.24. The number of carboxylic acid groups (broad SMARTS) is 1. The first-order chi connectivity index (χ1) is 8.10. The van der Waals surface area contributed by atoms with E-state index in [2.05, 4.69) is 20.3 Å². The average Bonchev–Trinajstić information content (AvgIpc) is 2.72. The predicted molar refractivity (Wildman–Crippen MR) is 55.0 cm³/mol. The number of esters is 1. The fourth-order valence-corrected chi connectivity index (χ4v) is 1.31. The molecule has 8 heteroatoms. The van der Waals surface area contributed by atoms with Crippen LogP contribution in [0.3, 0.4) is 0 Å². The lowest BCUT2D eigenvalue weighted by molar-refractivity contribution is -0.158. The van der Waals surface area contributed by atoms with Crippen molar-refractivity contribution in [3.8, 4) is 0 Å². The molecule has 1 atom stereocenters. The summed E-state index contributed by atoms with van der Waals surface area (Å²) in [6.45, 7) is 4.09. The Morgan fingerprint density at radius 3 is 2.71 bits per heavy atom. The van der Waals surface area contributed by atoms with Gasteiger partial charge in [-0.1, -0.05) is 0 Å². The molecule has 0 saturated heterocycles. The summed E-state index contributed by atoms with van der Waals surface area (Å²) in [5.41, 5.74) is 0. The van der Waals surface area contributed by atoms with Crippen LogP contribution in [0.25, 0.3) is 0 Å². The van der Waals surface area contributed by atoms with Crippen LogP contribution in [0.15, 0.2) is 0 Å². The smallest absolute Gasteiger partial charge is 0.320 e. The Morgan fingerprint density at radius 2 is 2.18 bits per heavy atom. The van der Waals surface area contributed by atoms with Crippen molar-refractivity contribution < 1.29 is 19.4 Å². The summed E-state index contributed by atoms with van der Waals surface area (Å²) in [6, 6.07) is 0. The highest BCUT2D eigenvalue weighted by Gasteiger charge is 2.30. The fraction of sp³-hybridized carbons (Fsp3) is 0.667. The molecule has 0 aromatic carbocycles. The number of tetrazole rings is 1. The summed E-state index contributed by atoms with van der Waals surface area (Å²) < 4.78 is 6.13. The molecule has 0 fully saturated rings. The Bertz CT molecular complexity index is 403. The zero-order chi connectivity index (χ0) is 12.8. The first kappa shape index (κ1) is 13.1. The maximum absolute atomic E-state index is 11.4. The molecule has 0 radical (unpaired) electrons. The van der Waals surface area contributed by atoms with Crippen LogP contribution in [0.1, 0.15) is 19.7 Å². The van der Waals surface area contributed by atoms with Gasteiger partial charge < -0.3 is 9.84 Å². The number of hydrogen-bond acceptors (Lipinski definition) is 6. The SMILES string of the molecule is CCOC(=O)C(Cc1nnnn1CC)C(=O)O. The molecule has 1 N–H and O–H groups in total. The molecular weight excluding hydrogens is 228 g/mol. The molecule has 0 saturated carbocycles. The highest BCUT2D eigenvalue weighted by Crippen LogP contribution is 2.08. The Labute approximate surface area is 97.6 Å². The summed E-state index contributed by atoms with van der Waals surface area (Å²) in [6.07, 6.45) is -0.0744. The van der Waals surface area contributed by atoms with Crippen LogP contribution in [0, 0.1) is 5.92 Å². The van der Waals surface area contributed by atoms with Crippen LogP contribution in [-0.2, 0) is 27.3 Å².